The number of likely N-dealkylation sites (tertiary alicyclic amines) is 1. The summed E-state index contributed by atoms with van der Waals surface area (Å²) in [5, 5.41) is 3.27. The van der Waals surface area contributed by atoms with Crippen LogP contribution in [0.3, 0.4) is 0 Å². The Hall–Kier alpha value is -0.0800. The van der Waals surface area contributed by atoms with Gasteiger partial charge < -0.3 is 5.32 Å². The second-order valence-electron chi connectivity index (χ2n) is 4.82. The van der Waals surface area contributed by atoms with E-state index in [9.17, 15) is 0 Å². The van der Waals surface area contributed by atoms with Crippen molar-refractivity contribution in [1.82, 2.24) is 10.2 Å². The highest BCUT2D eigenvalue weighted by atomic mass is 15.2. The lowest BCUT2D eigenvalue weighted by atomic mass is 10.00. The van der Waals surface area contributed by atoms with E-state index in [1.165, 1.54) is 32.5 Å². The average molecular weight is 184 g/mol. The molecule has 1 saturated heterocycles. The van der Waals surface area contributed by atoms with Crippen molar-refractivity contribution < 1.29 is 0 Å². The summed E-state index contributed by atoms with van der Waals surface area (Å²) in [4.78, 5) is 2.63. The minimum absolute atomic E-state index is 0.405. The number of nitrogens with zero attached hydrogens (tertiary/aromatic N) is 1. The normalized spacial score (nSPS) is 25.4. The molecule has 1 fully saturated rings. The van der Waals surface area contributed by atoms with Crippen molar-refractivity contribution in [2.45, 2.75) is 39.2 Å². The first-order chi connectivity index (χ1) is 6.10. The third-order valence-electron chi connectivity index (χ3n) is 3.50. The van der Waals surface area contributed by atoms with E-state index in [2.05, 4.69) is 31.0 Å². The molecule has 0 bridgehead atoms. The summed E-state index contributed by atoms with van der Waals surface area (Å²) in [6.07, 6.45) is 2.61. The standard InChI is InChI=1S/C11H24N2/c1-5-11(2,3)13-7-6-10(9-13)8-12-4/h10,12H,5-9H2,1-4H3. The van der Waals surface area contributed by atoms with E-state index in [1.807, 2.05) is 7.05 Å². The van der Waals surface area contributed by atoms with Gasteiger partial charge in [-0.2, -0.15) is 0 Å². The Balaban J connectivity index is 2.40. The van der Waals surface area contributed by atoms with Crippen LogP contribution in [0.2, 0.25) is 0 Å². The molecule has 0 aromatic heterocycles. The molecule has 1 atom stereocenters. The van der Waals surface area contributed by atoms with E-state index in [1.54, 1.807) is 0 Å². The molecule has 2 heteroatoms. The molecule has 0 aromatic carbocycles. The third-order valence-corrected chi connectivity index (χ3v) is 3.50. The summed E-state index contributed by atoms with van der Waals surface area (Å²) in [7, 11) is 2.05. The van der Waals surface area contributed by atoms with E-state index in [4.69, 9.17) is 0 Å². The van der Waals surface area contributed by atoms with Gasteiger partial charge in [-0.3, -0.25) is 4.90 Å². The van der Waals surface area contributed by atoms with Crippen LogP contribution in [0.4, 0.5) is 0 Å². The minimum Gasteiger partial charge on any atom is -0.319 e. The van der Waals surface area contributed by atoms with E-state index in [0.717, 1.165) is 5.92 Å². The van der Waals surface area contributed by atoms with Crippen LogP contribution in [-0.2, 0) is 0 Å². The maximum atomic E-state index is 3.27. The first-order valence-electron chi connectivity index (χ1n) is 5.50. The van der Waals surface area contributed by atoms with Crippen molar-refractivity contribution in [3.63, 3.8) is 0 Å². The van der Waals surface area contributed by atoms with Crippen LogP contribution in [0.25, 0.3) is 0 Å². The molecule has 1 rings (SSSR count). The van der Waals surface area contributed by atoms with Gasteiger partial charge in [-0.15, -0.1) is 0 Å². The first kappa shape index (κ1) is 11.0. The van der Waals surface area contributed by atoms with Crippen molar-refractivity contribution in [1.29, 1.82) is 0 Å². The monoisotopic (exact) mass is 184 g/mol. The van der Waals surface area contributed by atoms with Crippen molar-refractivity contribution in [2.24, 2.45) is 5.92 Å². The lowest BCUT2D eigenvalue weighted by Gasteiger charge is -2.34. The highest BCUT2D eigenvalue weighted by Crippen LogP contribution is 2.26. The van der Waals surface area contributed by atoms with Crippen molar-refractivity contribution >= 4 is 0 Å². The van der Waals surface area contributed by atoms with E-state index in [-0.39, 0.29) is 0 Å². The van der Waals surface area contributed by atoms with Gasteiger partial charge in [0.25, 0.3) is 0 Å². The van der Waals surface area contributed by atoms with Gasteiger partial charge in [0.15, 0.2) is 0 Å². The van der Waals surface area contributed by atoms with Crippen molar-refractivity contribution in [3.8, 4) is 0 Å². The minimum atomic E-state index is 0.405. The molecular formula is C11H24N2. The van der Waals surface area contributed by atoms with Crippen LogP contribution >= 0.6 is 0 Å². The topological polar surface area (TPSA) is 15.3 Å². The number of nitrogens with one attached hydrogen (secondary N) is 1. The summed E-state index contributed by atoms with van der Waals surface area (Å²) in [6.45, 7) is 10.7. The van der Waals surface area contributed by atoms with Gasteiger partial charge in [0, 0.05) is 12.1 Å². The molecule has 1 heterocycles. The van der Waals surface area contributed by atoms with Gasteiger partial charge in [-0.25, -0.2) is 0 Å². The SMILES string of the molecule is CCC(C)(C)N1CCC(CNC)C1. The predicted molar refractivity (Wildman–Crippen MR) is 58.0 cm³/mol. The fourth-order valence-corrected chi connectivity index (χ4v) is 2.06. The second kappa shape index (κ2) is 4.43. The highest BCUT2D eigenvalue weighted by Gasteiger charge is 2.31. The maximum absolute atomic E-state index is 3.27. The Labute approximate surface area is 82.7 Å². The summed E-state index contributed by atoms with van der Waals surface area (Å²) in [5.74, 6) is 0.871. The third kappa shape index (κ3) is 2.68. The van der Waals surface area contributed by atoms with Crippen LogP contribution in [-0.4, -0.2) is 37.1 Å². The van der Waals surface area contributed by atoms with Gasteiger partial charge >= 0.3 is 0 Å². The molecule has 0 aliphatic carbocycles. The molecule has 0 spiro atoms. The van der Waals surface area contributed by atoms with Crippen LogP contribution in [0, 0.1) is 5.92 Å². The van der Waals surface area contributed by atoms with Crippen molar-refractivity contribution in [3.05, 3.63) is 0 Å². The maximum Gasteiger partial charge on any atom is 0.0150 e. The molecule has 0 amide bonds. The molecule has 0 aromatic rings. The smallest absolute Gasteiger partial charge is 0.0150 e. The molecule has 2 nitrogen and oxygen atoms in total. The van der Waals surface area contributed by atoms with E-state index in [0.29, 0.717) is 5.54 Å². The Bertz CT molecular complexity index is 154. The van der Waals surface area contributed by atoms with Gasteiger partial charge in [0.1, 0.15) is 0 Å². The zero-order chi connectivity index (χ0) is 9.90. The van der Waals surface area contributed by atoms with E-state index >= 15 is 0 Å². The second-order valence-corrected chi connectivity index (χ2v) is 4.82. The van der Waals surface area contributed by atoms with Crippen LogP contribution in [0.5, 0.6) is 0 Å². The summed E-state index contributed by atoms with van der Waals surface area (Å²) < 4.78 is 0. The van der Waals surface area contributed by atoms with Crippen LogP contribution in [0.15, 0.2) is 0 Å². The highest BCUT2D eigenvalue weighted by molar-refractivity contribution is 4.87. The Kier molecular flexibility index (Phi) is 3.74. The molecule has 1 N–H and O–H groups in total. The predicted octanol–water partition coefficient (Wildman–Crippen LogP) is 1.72. The zero-order valence-corrected chi connectivity index (χ0v) is 9.56. The largest absolute Gasteiger partial charge is 0.319 e. The molecule has 1 unspecified atom stereocenters. The molecule has 0 saturated carbocycles. The number of hydrogen-bond donors (Lipinski definition) is 1. The lowest BCUT2D eigenvalue weighted by Crippen LogP contribution is -2.42. The van der Waals surface area contributed by atoms with Crippen LogP contribution in [0.1, 0.15) is 33.6 Å². The molecule has 78 valence electrons. The van der Waals surface area contributed by atoms with E-state index < -0.39 is 0 Å². The number of rotatable bonds is 4. The Morgan fingerprint density at radius 2 is 2.15 bits per heavy atom. The quantitative estimate of drug-likeness (QED) is 0.715. The van der Waals surface area contributed by atoms with Crippen molar-refractivity contribution in [2.75, 3.05) is 26.7 Å². The fourth-order valence-electron chi connectivity index (χ4n) is 2.06. The molecule has 1 aliphatic heterocycles. The Morgan fingerprint density at radius 3 is 2.69 bits per heavy atom. The van der Waals surface area contributed by atoms with Gasteiger partial charge in [-0.1, -0.05) is 6.92 Å². The first-order valence-corrected chi connectivity index (χ1v) is 5.50. The van der Waals surface area contributed by atoms with Gasteiger partial charge in [0.2, 0.25) is 0 Å². The summed E-state index contributed by atoms with van der Waals surface area (Å²) >= 11 is 0. The molecule has 0 radical (unpaired) electrons. The Morgan fingerprint density at radius 1 is 1.46 bits per heavy atom. The zero-order valence-electron chi connectivity index (χ0n) is 9.56. The summed E-state index contributed by atoms with van der Waals surface area (Å²) in [6, 6.07) is 0. The average Bonchev–Trinajstić information content (AvgIpc) is 2.54. The molecular weight excluding hydrogens is 160 g/mol. The van der Waals surface area contributed by atoms with Crippen LogP contribution < -0.4 is 5.32 Å². The van der Waals surface area contributed by atoms with Gasteiger partial charge in [0.05, 0.1) is 0 Å². The van der Waals surface area contributed by atoms with Gasteiger partial charge in [-0.05, 0) is 52.7 Å². The summed E-state index contributed by atoms with van der Waals surface area (Å²) in [5.41, 5.74) is 0.405. The molecule has 1 aliphatic rings. The lowest BCUT2D eigenvalue weighted by molar-refractivity contribution is 0.144. The fraction of sp³-hybridized carbons (Fsp3) is 1.00. The number of hydrogen-bond acceptors (Lipinski definition) is 2. The molecule has 13 heavy (non-hydrogen) atoms.